The van der Waals surface area contributed by atoms with Crippen LogP contribution in [0, 0.1) is 13.8 Å². The van der Waals surface area contributed by atoms with Gasteiger partial charge in [0.15, 0.2) is 8.07 Å². The molecule has 7 aromatic rings. The third-order valence-corrected chi connectivity index (χ3v) is 16.4. The van der Waals surface area contributed by atoms with Crippen LogP contribution in [0.15, 0.2) is 158 Å². The second-order valence-electron chi connectivity index (χ2n) is 14.4. The predicted molar refractivity (Wildman–Crippen MR) is 221 cm³/mol. The van der Waals surface area contributed by atoms with E-state index in [0.29, 0.717) is 0 Å². The topological polar surface area (TPSA) is 9.72 Å². The molecule has 0 atom stereocenters. The molecule has 0 radical (unpaired) electrons. The molecule has 51 heavy (non-hydrogen) atoms. The number of hydrogen-bond acceptors (Lipinski definition) is 3. The van der Waals surface area contributed by atoms with Crippen molar-refractivity contribution >= 4 is 91.7 Å². The fraction of sp³-hybridized carbons (Fsp3) is 0.0870. The monoisotopic (exact) mass is 671 g/mol. The van der Waals surface area contributed by atoms with Gasteiger partial charge in [0.1, 0.15) is 0 Å². The normalized spacial score (nSPS) is 14.7. The first kappa shape index (κ1) is 30.1. The van der Waals surface area contributed by atoms with E-state index in [0.717, 1.165) is 0 Å². The largest absolute Gasteiger partial charge is 0.345 e. The van der Waals surface area contributed by atoms with Gasteiger partial charge in [-0.15, -0.1) is 0 Å². The van der Waals surface area contributed by atoms with Gasteiger partial charge in [0.2, 0.25) is 0 Å². The third-order valence-electron chi connectivity index (χ3n) is 11.6. The Morgan fingerprint density at radius 1 is 0.431 bits per heavy atom. The molecule has 0 aliphatic carbocycles. The highest BCUT2D eigenvalue weighted by Crippen LogP contribution is 2.44. The Labute approximate surface area is 302 Å². The highest BCUT2D eigenvalue weighted by Gasteiger charge is 2.49. The molecule has 0 spiro atoms. The van der Waals surface area contributed by atoms with Crippen LogP contribution in [0.5, 0.6) is 0 Å². The minimum absolute atomic E-state index is 0.172. The molecule has 244 valence electrons. The Kier molecular flexibility index (Phi) is 6.55. The molecule has 0 saturated heterocycles. The van der Waals surface area contributed by atoms with E-state index in [1.165, 1.54) is 88.1 Å². The molecule has 5 heteroatoms. The number of rotatable bonds is 3. The maximum absolute atomic E-state index is 2.75. The number of fused-ring (bicyclic) bond motifs is 6. The van der Waals surface area contributed by atoms with Crippen molar-refractivity contribution in [2.75, 3.05) is 28.8 Å². The van der Waals surface area contributed by atoms with Crippen molar-refractivity contribution in [3.63, 3.8) is 0 Å². The van der Waals surface area contributed by atoms with Crippen LogP contribution in [0.1, 0.15) is 11.1 Å². The van der Waals surface area contributed by atoms with E-state index in [-0.39, 0.29) is 6.71 Å². The van der Waals surface area contributed by atoms with Gasteiger partial charge in [-0.05, 0) is 87.4 Å². The minimum atomic E-state index is -2.75. The third kappa shape index (κ3) is 4.13. The van der Waals surface area contributed by atoms with E-state index in [4.69, 9.17) is 0 Å². The molecule has 3 aliphatic heterocycles. The van der Waals surface area contributed by atoms with Crippen molar-refractivity contribution in [3.8, 4) is 0 Å². The maximum Gasteiger partial charge on any atom is 0.252 e. The quantitative estimate of drug-likeness (QED) is 0.209. The summed E-state index contributed by atoms with van der Waals surface area (Å²) in [5, 5.41) is 5.68. The predicted octanol–water partition coefficient (Wildman–Crippen LogP) is 6.14. The van der Waals surface area contributed by atoms with Gasteiger partial charge in [0.25, 0.3) is 6.71 Å². The molecule has 0 bridgehead atoms. The SMILES string of the molecule is Cc1ccc2c(c1)[Si](c1ccccc1)(c1ccccc1)c1cc(C)ccc1N2c1cc2c3c(c1)N(C)c1ccccc1B3c1ccccc1N2C. The summed E-state index contributed by atoms with van der Waals surface area (Å²) < 4.78 is 0. The summed E-state index contributed by atoms with van der Waals surface area (Å²) in [5.41, 5.74) is 15.4. The van der Waals surface area contributed by atoms with Gasteiger partial charge in [-0.25, -0.2) is 0 Å². The second kappa shape index (κ2) is 11.1. The van der Waals surface area contributed by atoms with Gasteiger partial charge in [0, 0.05) is 48.2 Å². The van der Waals surface area contributed by atoms with Crippen LogP contribution in [0.2, 0.25) is 0 Å². The zero-order valence-corrected chi connectivity index (χ0v) is 30.4. The Hall–Kier alpha value is -5.78. The Morgan fingerprint density at radius 2 is 0.863 bits per heavy atom. The summed E-state index contributed by atoms with van der Waals surface area (Å²) in [6, 6.07) is 59.8. The number of anilines is 7. The fourth-order valence-corrected chi connectivity index (χ4v) is 14.7. The minimum Gasteiger partial charge on any atom is -0.345 e. The van der Waals surface area contributed by atoms with E-state index in [9.17, 15) is 0 Å². The lowest BCUT2D eigenvalue weighted by atomic mass is 9.33. The Morgan fingerprint density at radius 3 is 1.33 bits per heavy atom. The lowest BCUT2D eigenvalue weighted by Crippen LogP contribution is -2.77. The van der Waals surface area contributed by atoms with Crippen molar-refractivity contribution in [2.24, 2.45) is 0 Å². The van der Waals surface area contributed by atoms with Crippen molar-refractivity contribution < 1.29 is 0 Å². The Bertz CT molecular complexity index is 2340. The summed E-state index contributed by atoms with van der Waals surface area (Å²) in [5.74, 6) is 0. The molecule has 0 N–H and O–H groups in total. The van der Waals surface area contributed by atoms with E-state index in [1.807, 2.05) is 0 Å². The van der Waals surface area contributed by atoms with Gasteiger partial charge < -0.3 is 14.7 Å². The molecule has 3 nitrogen and oxygen atoms in total. The number of nitrogens with zero attached hydrogens (tertiary/aromatic N) is 3. The fourth-order valence-electron chi connectivity index (χ4n) is 9.41. The molecule has 10 rings (SSSR count). The Balaban J connectivity index is 1.30. The number of aryl methyl sites for hydroxylation is 2. The van der Waals surface area contributed by atoms with Crippen LogP contribution in [-0.2, 0) is 0 Å². The zero-order chi connectivity index (χ0) is 34.4. The first-order chi connectivity index (χ1) is 25.0. The number of para-hydroxylation sites is 2. The van der Waals surface area contributed by atoms with Gasteiger partial charge in [-0.3, -0.25) is 0 Å². The summed E-state index contributed by atoms with van der Waals surface area (Å²) in [6.07, 6.45) is 0. The molecule has 0 aromatic heterocycles. The lowest BCUT2D eigenvalue weighted by molar-refractivity contribution is 1.17. The van der Waals surface area contributed by atoms with Gasteiger partial charge in [-0.1, -0.05) is 132 Å². The van der Waals surface area contributed by atoms with E-state index >= 15 is 0 Å². The van der Waals surface area contributed by atoms with E-state index < -0.39 is 8.07 Å². The van der Waals surface area contributed by atoms with Crippen LogP contribution in [0.3, 0.4) is 0 Å². The molecular formula is C46H38BN3Si. The van der Waals surface area contributed by atoms with Crippen molar-refractivity contribution in [1.82, 2.24) is 0 Å². The highest BCUT2D eigenvalue weighted by molar-refractivity contribution is 7.21. The van der Waals surface area contributed by atoms with Crippen LogP contribution >= 0.6 is 0 Å². The average Bonchev–Trinajstić information content (AvgIpc) is 3.17. The smallest absolute Gasteiger partial charge is 0.252 e. The molecule has 0 saturated carbocycles. The summed E-state index contributed by atoms with van der Waals surface area (Å²) in [4.78, 5) is 7.40. The molecule has 0 unspecified atom stereocenters. The number of benzene rings is 7. The number of hydrogen-bond donors (Lipinski definition) is 0. The van der Waals surface area contributed by atoms with Crippen molar-refractivity contribution in [3.05, 3.63) is 169 Å². The van der Waals surface area contributed by atoms with Crippen molar-refractivity contribution in [1.29, 1.82) is 0 Å². The first-order valence-electron chi connectivity index (χ1n) is 17.9. The van der Waals surface area contributed by atoms with Crippen LogP contribution in [0.4, 0.5) is 39.8 Å². The molecule has 0 fully saturated rings. The molecule has 0 amide bonds. The average molecular weight is 672 g/mol. The highest BCUT2D eigenvalue weighted by atomic mass is 28.3. The van der Waals surface area contributed by atoms with Gasteiger partial charge in [0.05, 0.1) is 5.69 Å². The molecule has 3 heterocycles. The second-order valence-corrected chi connectivity index (χ2v) is 18.2. The van der Waals surface area contributed by atoms with Gasteiger partial charge in [-0.2, -0.15) is 0 Å². The van der Waals surface area contributed by atoms with Crippen LogP contribution in [0.25, 0.3) is 0 Å². The van der Waals surface area contributed by atoms with Crippen LogP contribution in [-0.4, -0.2) is 28.9 Å². The van der Waals surface area contributed by atoms with Crippen LogP contribution < -0.4 is 51.8 Å². The summed E-state index contributed by atoms with van der Waals surface area (Å²) in [6.45, 7) is 4.66. The van der Waals surface area contributed by atoms with E-state index in [2.05, 4.69) is 200 Å². The molecule has 7 aromatic carbocycles. The van der Waals surface area contributed by atoms with Gasteiger partial charge >= 0.3 is 0 Å². The standard InChI is InChI=1S/C46H38BN3Si/c1-31-23-25-40-44(27-31)51(34-15-7-5-8-16-34,35-17-9-6-10-18-35)45-28-32(2)24-26-41(45)50(40)33-29-42-46-43(30-33)49(4)39-22-14-12-20-37(39)47(46)36-19-11-13-21-38(36)48(42)3/h5-30H,1-4H3. The summed E-state index contributed by atoms with van der Waals surface area (Å²) in [7, 11) is 1.73. The lowest BCUT2D eigenvalue weighted by Gasteiger charge is -2.46. The molecular weight excluding hydrogens is 633 g/mol. The maximum atomic E-state index is 2.56. The zero-order valence-electron chi connectivity index (χ0n) is 29.4. The van der Waals surface area contributed by atoms with Crippen molar-refractivity contribution in [2.45, 2.75) is 13.8 Å². The first-order valence-corrected chi connectivity index (χ1v) is 19.9. The molecule has 3 aliphatic rings. The summed E-state index contributed by atoms with van der Waals surface area (Å²) >= 11 is 0. The van der Waals surface area contributed by atoms with E-state index in [1.54, 1.807) is 0 Å².